The largest absolute Gasteiger partial charge is 0.352 e. The van der Waals surface area contributed by atoms with Crippen LogP contribution in [0.4, 0.5) is 5.69 Å². The lowest BCUT2D eigenvalue weighted by atomic mass is 9.96. The van der Waals surface area contributed by atoms with E-state index in [0.29, 0.717) is 18.1 Å². The molecule has 1 aliphatic rings. The molecule has 2 N–H and O–H groups in total. The number of rotatable bonds is 7. The molecule has 4 heterocycles. The van der Waals surface area contributed by atoms with Crippen LogP contribution >= 0.6 is 12.2 Å². The highest BCUT2D eigenvalue weighted by molar-refractivity contribution is 7.80. The van der Waals surface area contributed by atoms with Crippen LogP contribution in [0.25, 0.3) is 5.82 Å². The minimum absolute atomic E-state index is 0.0497. The van der Waals surface area contributed by atoms with Crippen LogP contribution in [0.5, 0.6) is 0 Å². The number of carbonyl (C=O) groups excluding carboxylic acids is 1. The van der Waals surface area contributed by atoms with Crippen molar-refractivity contribution in [2.24, 2.45) is 0 Å². The Labute approximate surface area is 228 Å². The zero-order chi connectivity index (χ0) is 26.8. The monoisotopic (exact) mass is 524 g/mol. The number of pyridine rings is 2. The summed E-state index contributed by atoms with van der Waals surface area (Å²) < 4.78 is 2.20. The average molecular weight is 525 g/mol. The number of thiocarbonyl (C=S) groups is 1. The maximum absolute atomic E-state index is 12.9. The maximum Gasteiger partial charge on any atom is 0.226 e. The van der Waals surface area contributed by atoms with Gasteiger partial charge in [0.1, 0.15) is 5.82 Å². The van der Waals surface area contributed by atoms with E-state index in [4.69, 9.17) is 12.2 Å². The fraction of sp³-hybridized carbons (Fsp3) is 0.267. The molecule has 1 amide bonds. The topological polar surface area (TPSA) is 75.1 Å². The number of aryl methyl sites for hydroxylation is 3. The molecule has 38 heavy (non-hydrogen) atoms. The van der Waals surface area contributed by atoms with Gasteiger partial charge in [-0.1, -0.05) is 29.8 Å². The second-order valence-electron chi connectivity index (χ2n) is 9.79. The van der Waals surface area contributed by atoms with Gasteiger partial charge in [0, 0.05) is 42.4 Å². The maximum atomic E-state index is 12.9. The molecule has 2 atom stereocenters. The van der Waals surface area contributed by atoms with E-state index in [0.717, 1.165) is 45.3 Å². The van der Waals surface area contributed by atoms with E-state index in [-0.39, 0.29) is 18.0 Å². The second-order valence-corrected chi connectivity index (χ2v) is 10.2. The van der Waals surface area contributed by atoms with Gasteiger partial charge in [-0.25, -0.2) is 4.98 Å². The summed E-state index contributed by atoms with van der Waals surface area (Å²) in [6.45, 7) is 8.79. The first-order valence-corrected chi connectivity index (χ1v) is 13.2. The number of nitrogens with one attached hydrogen (secondary N) is 2. The Morgan fingerprint density at radius 2 is 1.76 bits per heavy atom. The molecule has 1 saturated heterocycles. The van der Waals surface area contributed by atoms with Crippen molar-refractivity contribution in [1.29, 1.82) is 0 Å². The van der Waals surface area contributed by atoms with Crippen molar-refractivity contribution in [3.8, 4) is 5.82 Å². The molecule has 0 saturated carbocycles. The minimum atomic E-state index is -0.150. The third-order valence-electron chi connectivity index (χ3n) is 7.10. The molecule has 3 aromatic heterocycles. The molecule has 8 heteroatoms. The fourth-order valence-electron chi connectivity index (χ4n) is 5.19. The van der Waals surface area contributed by atoms with Gasteiger partial charge in [-0.2, -0.15) is 0 Å². The van der Waals surface area contributed by atoms with Crippen molar-refractivity contribution in [3.63, 3.8) is 0 Å². The zero-order valence-corrected chi connectivity index (χ0v) is 22.9. The lowest BCUT2D eigenvalue weighted by molar-refractivity contribution is -0.116. The zero-order valence-electron chi connectivity index (χ0n) is 22.1. The van der Waals surface area contributed by atoms with Crippen LogP contribution in [0.1, 0.15) is 52.3 Å². The van der Waals surface area contributed by atoms with Crippen LogP contribution in [0.2, 0.25) is 0 Å². The first-order valence-electron chi connectivity index (χ1n) is 12.8. The predicted molar refractivity (Wildman–Crippen MR) is 154 cm³/mol. The lowest BCUT2D eigenvalue weighted by Gasteiger charge is -2.28. The standard InChI is InChI=1S/C30H32N6OS/c1-19-10-12-23(13-11-19)33-26(37)14-17-35-28(27(34-30(35)38)25-9-5-6-15-31-25)24-18-21(3)36(22(24)4)29-20(2)8-7-16-32-29/h5-13,15-16,18,27-28H,14,17H2,1-4H3,(H,33,37)(H,34,38). The third-order valence-corrected chi connectivity index (χ3v) is 7.45. The van der Waals surface area contributed by atoms with Crippen molar-refractivity contribution in [2.75, 3.05) is 11.9 Å². The summed E-state index contributed by atoms with van der Waals surface area (Å²) in [5, 5.41) is 7.12. The predicted octanol–water partition coefficient (Wildman–Crippen LogP) is 5.50. The summed E-state index contributed by atoms with van der Waals surface area (Å²) in [6, 6.07) is 19.7. The van der Waals surface area contributed by atoms with E-state index >= 15 is 0 Å². The van der Waals surface area contributed by atoms with Gasteiger partial charge < -0.3 is 20.1 Å². The van der Waals surface area contributed by atoms with Gasteiger partial charge in [-0.15, -0.1) is 0 Å². The van der Waals surface area contributed by atoms with Gasteiger partial charge in [0.15, 0.2) is 5.11 Å². The van der Waals surface area contributed by atoms with Crippen LogP contribution in [0.15, 0.2) is 73.1 Å². The number of aromatic nitrogens is 3. The van der Waals surface area contributed by atoms with Crippen LogP contribution < -0.4 is 10.6 Å². The third kappa shape index (κ3) is 5.04. The quantitative estimate of drug-likeness (QED) is 0.311. The first-order chi connectivity index (χ1) is 18.3. The van der Waals surface area contributed by atoms with Gasteiger partial charge in [0.25, 0.3) is 0 Å². The van der Waals surface area contributed by atoms with E-state index in [2.05, 4.69) is 63.0 Å². The SMILES string of the molecule is Cc1ccc(NC(=O)CCN2C(=S)NC(c3ccccn3)C2c2cc(C)n(-c3ncccc3C)c2C)cc1. The number of nitrogens with zero attached hydrogens (tertiary/aromatic N) is 4. The van der Waals surface area contributed by atoms with Crippen molar-refractivity contribution in [1.82, 2.24) is 24.8 Å². The number of benzene rings is 1. The van der Waals surface area contributed by atoms with Crippen LogP contribution in [-0.2, 0) is 4.79 Å². The summed E-state index contributed by atoms with van der Waals surface area (Å²) in [6.07, 6.45) is 3.93. The summed E-state index contributed by atoms with van der Waals surface area (Å²) in [5.41, 5.74) is 7.27. The smallest absolute Gasteiger partial charge is 0.226 e. The van der Waals surface area contributed by atoms with Crippen LogP contribution in [-0.4, -0.2) is 37.0 Å². The molecule has 0 spiro atoms. The lowest BCUT2D eigenvalue weighted by Crippen LogP contribution is -2.32. The molecule has 194 valence electrons. The minimum Gasteiger partial charge on any atom is -0.352 e. The molecule has 0 bridgehead atoms. The highest BCUT2D eigenvalue weighted by Gasteiger charge is 2.41. The van der Waals surface area contributed by atoms with Crippen molar-refractivity contribution < 1.29 is 4.79 Å². The van der Waals surface area contributed by atoms with Crippen LogP contribution in [0.3, 0.4) is 0 Å². The number of amides is 1. The van der Waals surface area contributed by atoms with E-state index in [1.165, 1.54) is 0 Å². The molecule has 5 rings (SSSR count). The Bertz CT molecular complexity index is 1460. The van der Waals surface area contributed by atoms with E-state index in [1.54, 1.807) is 6.20 Å². The Hall–Kier alpha value is -4.04. The highest BCUT2D eigenvalue weighted by Crippen LogP contribution is 2.41. The highest BCUT2D eigenvalue weighted by atomic mass is 32.1. The Kier molecular flexibility index (Phi) is 7.24. The number of hydrogen-bond donors (Lipinski definition) is 2. The molecule has 0 aliphatic carbocycles. The summed E-state index contributed by atoms with van der Waals surface area (Å²) >= 11 is 5.82. The van der Waals surface area contributed by atoms with Gasteiger partial charge in [-0.3, -0.25) is 9.78 Å². The number of anilines is 1. The molecule has 4 aromatic rings. The molecule has 1 aromatic carbocycles. The summed E-state index contributed by atoms with van der Waals surface area (Å²) in [7, 11) is 0. The number of carbonyl (C=O) groups is 1. The number of hydrogen-bond acceptors (Lipinski definition) is 4. The Morgan fingerprint density at radius 3 is 2.47 bits per heavy atom. The Morgan fingerprint density at radius 1 is 1.00 bits per heavy atom. The van der Waals surface area contributed by atoms with Gasteiger partial charge in [-0.05, 0) is 87.4 Å². The molecule has 1 fully saturated rings. The molecule has 7 nitrogen and oxygen atoms in total. The summed E-state index contributed by atoms with van der Waals surface area (Å²) in [5.74, 6) is 0.868. The normalized spacial score (nSPS) is 16.9. The van der Waals surface area contributed by atoms with Crippen LogP contribution in [0, 0.1) is 27.7 Å². The first kappa shape index (κ1) is 25.6. The van der Waals surface area contributed by atoms with Gasteiger partial charge in [0.05, 0.1) is 17.8 Å². The van der Waals surface area contributed by atoms with Crippen molar-refractivity contribution in [3.05, 3.63) is 107 Å². The van der Waals surface area contributed by atoms with Gasteiger partial charge in [0.2, 0.25) is 5.91 Å². The van der Waals surface area contributed by atoms with E-state index < -0.39 is 0 Å². The van der Waals surface area contributed by atoms with E-state index in [1.807, 2.05) is 61.7 Å². The van der Waals surface area contributed by atoms with Crippen molar-refractivity contribution in [2.45, 2.75) is 46.2 Å². The van der Waals surface area contributed by atoms with E-state index in [9.17, 15) is 4.79 Å². The fourth-order valence-corrected chi connectivity index (χ4v) is 5.52. The molecular weight excluding hydrogens is 492 g/mol. The molecule has 1 aliphatic heterocycles. The second kappa shape index (κ2) is 10.8. The van der Waals surface area contributed by atoms with Gasteiger partial charge >= 0.3 is 0 Å². The Balaban J connectivity index is 1.47. The molecule has 0 radical (unpaired) electrons. The molecular formula is C30H32N6OS. The average Bonchev–Trinajstić information content (AvgIpc) is 3.39. The summed E-state index contributed by atoms with van der Waals surface area (Å²) in [4.78, 5) is 24.3. The molecule has 2 unspecified atom stereocenters. The van der Waals surface area contributed by atoms with Crippen molar-refractivity contribution >= 4 is 28.9 Å².